The van der Waals surface area contributed by atoms with Gasteiger partial charge in [-0.05, 0) is 13.3 Å². The number of aliphatic carboxylic acids is 1. The zero-order valence-electron chi connectivity index (χ0n) is 30.6. The van der Waals surface area contributed by atoms with Crippen LogP contribution in [0.5, 0.6) is 0 Å². The summed E-state index contributed by atoms with van der Waals surface area (Å²) in [6.07, 6.45) is -31.9. The molecule has 0 aliphatic carbocycles. The van der Waals surface area contributed by atoms with E-state index in [-0.39, 0.29) is 6.42 Å². The van der Waals surface area contributed by atoms with Crippen molar-refractivity contribution in [2.24, 2.45) is 5.92 Å². The number of carbonyl (C=O) groups excluding carboxylic acids is 2. The predicted molar refractivity (Wildman–Crippen MR) is 176 cm³/mol. The van der Waals surface area contributed by atoms with Gasteiger partial charge in [0.2, 0.25) is 11.8 Å². The minimum absolute atomic E-state index is 0.366. The first kappa shape index (κ1) is 46.4. The molecule has 1 unspecified atom stereocenters. The second kappa shape index (κ2) is 19.2. The van der Waals surface area contributed by atoms with E-state index in [2.05, 4.69) is 10.6 Å². The average Bonchev–Trinajstić information content (AvgIpc) is 3.14. The van der Waals surface area contributed by atoms with Crippen LogP contribution in [-0.4, -0.2) is 226 Å². The summed E-state index contributed by atoms with van der Waals surface area (Å²) in [7, 11) is 0. The molecule has 4 fully saturated rings. The number of carboxylic acid groups (broad SMARTS) is 1. The zero-order valence-corrected chi connectivity index (χ0v) is 30.6. The molecule has 0 aromatic heterocycles. The molecule has 4 heterocycles. The lowest BCUT2D eigenvalue weighted by atomic mass is 9.80. The van der Waals surface area contributed by atoms with Gasteiger partial charge in [0.1, 0.15) is 67.1 Å². The van der Waals surface area contributed by atoms with Gasteiger partial charge in [0.15, 0.2) is 12.6 Å². The van der Waals surface area contributed by atoms with E-state index in [1.54, 1.807) is 0 Å². The second-order valence-corrected chi connectivity index (χ2v) is 14.5. The van der Waals surface area contributed by atoms with Crippen LogP contribution in [0.2, 0.25) is 0 Å². The molecule has 0 bridgehead atoms. The van der Waals surface area contributed by atoms with Crippen molar-refractivity contribution >= 4 is 17.8 Å². The summed E-state index contributed by atoms with van der Waals surface area (Å²) in [6.45, 7) is 0.592. The van der Waals surface area contributed by atoms with Gasteiger partial charge in [0.05, 0.1) is 56.4 Å². The molecule has 4 saturated heterocycles. The number of aliphatic hydroxyl groups excluding tert-OH is 12. The van der Waals surface area contributed by atoms with Gasteiger partial charge in [0, 0.05) is 26.2 Å². The third-order valence-electron chi connectivity index (χ3n) is 10.5. The second-order valence-electron chi connectivity index (χ2n) is 14.5. The van der Waals surface area contributed by atoms with Crippen LogP contribution in [-0.2, 0) is 42.8 Å². The Balaban J connectivity index is 1.72. The number of amides is 2. The maximum absolute atomic E-state index is 12.9. The fourth-order valence-corrected chi connectivity index (χ4v) is 7.57. The highest BCUT2D eigenvalue weighted by Gasteiger charge is 2.60. The van der Waals surface area contributed by atoms with Gasteiger partial charge in [-0.15, -0.1) is 0 Å². The van der Waals surface area contributed by atoms with E-state index in [1.807, 2.05) is 0 Å². The third kappa shape index (κ3) is 9.75. The number of carboxylic acids is 1. The third-order valence-corrected chi connectivity index (χ3v) is 10.5. The molecule has 0 aromatic carbocycles. The monoisotopic (exact) mass is 818 g/mol. The molecule has 21 atom stereocenters. The molecule has 2 amide bonds. The van der Waals surface area contributed by atoms with E-state index in [0.717, 1.165) is 13.8 Å². The normalized spacial score (nSPS) is 45.7. The Labute approximate surface area is 319 Å². The fraction of sp³-hybridized carbons (Fsp3) is 0.906. The first-order valence-electron chi connectivity index (χ1n) is 17.9. The van der Waals surface area contributed by atoms with Crippen molar-refractivity contribution < 1.29 is 109 Å². The van der Waals surface area contributed by atoms with Crippen LogP contribution in [0.4, 0.5) is 0 Å². The van der Waals surface area contributed by atoms with E-state index in [4.69, 9.17) is 28.4 Å². The summed E-state index contributed by atoms with van der Waals surface area (Å²) >= 11 is 0. The minimum Gasteiger partial charge on any atom is -0.477 e. The number of hydrogen-bond acceptors (Lipinski definition) is 21. The molecule has 0 saturated carbocycles. The van der Waals surface area contributed by atoms with E-state index in [9.17, 15) is 80.8 Å². The number of carbonyl (C=O) groups is 3. The van der Waals surface area contributed by atoms with Crippen LogP contribution in [0.25, 0.3) is 0 Å². The van der Waals surface area contributed by atoms with Crippen LogP contribution >= 0.6 is 0 Å². The van der Waals surface area contributed by atoms with Crippen LogP contribution in [0.1, 0.15) is 33.6 Å². The molecule has 15 N–H and O–H groups in total. The topological polar surface area (TPSA) is 394 Å². The van der Waals surface area contributed by atoms with Crippen molar-refractivity contribution in [1.29, 1.82) is 0 Å². The first-order valence-corrected chi connectivity index (χ1v) is 17.9. The number of hydrogen-bond donors (Lipinski definition) is 15. The van der Waals surface area contributed by atoms with Gasteiger partial charge >= 0.3 is 5.97 Å². The standard InChI is InChI=1S/C32H54N2O22/c1-9-20(42)24(46)22(44)15(51-9)4-12-16(7-36)52-29(48)19(34-11(3)39)26(12)54-30-25(47)28(23(45)17(8-37)53-30)56-32(31(49)50)5-13(40)18(33-10(2)38)27(55-32)21(43)14(41)6-35/h9,12-30,35-37,40-48H,4-8H2,1-3H3,(H,33,38)(H,34,39)(H,49,50)/t9-,12+,13-,14+,15-,16+,17+,18+,19+,20+,21+,22+,23-,24+,25+,26-,27+,28-,29?,30-,32-/m0/s1. The van der Waals surface area contributed by atoms with Gasteiger partial charge in [-0.3, -0.25) is 9.59 Å². The molecule has 4 rings (SSSR count). The summed E-state index contributed by atoms with van der Waals surface area (Å²) < 4.78 is 34.4. The quantitative estimate of drug-likeness (QED) is 0.0774. The van der Waals surface area contributed by atoms with Crippen LogP contribution in [0.3, 0.4) is 0 Å². The highest BCUT2D eigenvalue weighted by atomic mass is 16.8. The largest absolute Gasteiger partial charge is 0.477 e. The maximum Gasteiger partial charge on any atom is 0.364 e. The van der Waals surface area contributed by atoms with Gasteiger partial charge in [-0.1, -0.05) is 0 Å². The van der Waals surface area contributed by atoms with E-state index < -0.39 is 172 Å². The Morgan fingerprint density at radius 3 is 1.93 bits per heavy atom. The Kier molecular flexibility index (Phi) is 15.9. The molecular formula is C32H54N2O22. The van der Waals surface area contributed by atoms with E-state index in [0.29, 0.717) is 0 Å². The fourth-order valence-electron chi connectivity index (χ4n) is 7.57. The van der Waals surface area contributed by atoms with Crippen molar-refractivity contribution in [3.63, 3.8) is 0 Å². The summed E-state index contributed by atoms with van der Waals surface area (Å²) in [5.41, 5.74) is 0. The molecule has 324 valence electrons. The summed E-state index contributed by atoms with van der Waals surface area (Å²) in [5, 5.41) is 142. The number of rotatable bonds is 14. The molecule has 24 nitrogen and oxygen atoms in total. The Bertz CT molecular complexity index is 1330. The first-order chi connectivity index (χ1) is 26.2. The van der Waals surface area contributed by atoms with Gasteiger partial charge in [0.25, 0.3) is 5.79 Å². The zero-order chi connectivity index (χ0) is 42.0. The molecule has 4 aliphatic rings. The lowest BCUT2D eigenvalue weighted by Gasteiger charge is -2.51. The summed E-state index contributed by atoms with van der Waals surface area (Å²) in [5.74, 6) is -7.84. The lowest BCUT2D eigenvalue weighted by molar-refractivity contribution is -0.379. The Morgan fingerprint density at radius 2 is 1.38 bits per heavy atom. The summed E-state index contributed by atoms with van der Waals surface area (Å²) in [6, 6.07) is -3.14. The number of ether oxygens (including phenoxy) is 6. The number of nitrogens with one attached hydrogen (secondary N) is 2. The van der Waals surface area contributed by atoms with Crippen LogP contribution in [0, 0.1) is 5.92 Å². The highest BCUT2D eigenvalue weighted by Crippen LogP contribution is 2.40. The highest BCUT2D eigenvalue weighted by molar-refractivity contribution is 5.76. The molecule has 4 aliphatic heterocycles. The smallest absolute Gasteiger partial charge is 0.364 e. The Hall–Kier alpha value is -2.31. The number of aliphatic hydroxyl groups is 12. The van der Waals surface area contributed by atoms with Crippen molar-refractivity contribution in [1.82, 2.24) is 10.6 Å². The maximum atomic E-state index is 12.9. The van der Waals surface area contributed by atoms with Gasteiger partial charge < -0.3 is 105 Å². The molecule has 56 heavy (non-hydrogen) atoms. The van der Waals surface area contributed by atoms with Crippen molar-refractivity contribution in [2.75, 3.05) is 19.8 Å². The molecule has 24 heteroatoms. The average molecular weight is 819 g/mol. The molecule has 0 aromatic rings. The predicted octanol–water partition coefficient (Wildman–Crippen LogP) is -8.56. The molecular weight excluding hydrogens is 764 g/mol. The van der Waals surface area contributed by atoms with E-state index >= 15 is 0 Å². The van der Waals surface area contributed by atoms with Crippen LogP contribution in [0.15, 0.2) is 0 Å². The molecule has 0 radical (unpaired) electrons. The van der Waals surface area contributed by atoms with Gasteiger partial charge in [-0.2, -0.15) is 0 Å². The lowest BCUT2D eigenvalue weighted by Crippen LogP contribution is -2.71. The summed E-state index contributed by atoms with van der Waals surface area (Å²) in [4.78, 5) is 37.1. The van der Waals surface area contributed by atoms with Crippen molar-refractivity contribution in [3.8, 4) is 0 Å². The Morgan fingerprint density at radius 1 is 0.768 bits per heavy atom. The minimum atomic E-state index is -3.10. The SMILES string of the molecule is CC(=O)N[C@H]1[C@H]([C@H](O)[C@H](O)CO)O[C@@](O[C@H]2[C@@H](O)[C@@H](CO)O[C@@H](O[C@H]3[C@H](C[C@@H]4O[C@@H](C)[C@@H](O)[C@@H](O)[C@@H]4O)[C@@H](CO)OC(O)[C@@H]3NC(C)=O)[C@@H]2O)(C(=O)O)C[C@@H]1O. The van der Waals surface area contributed by atoms with Crippen molar-refractivity contribution in [3.05, 3.63) is 0 Å². The van der Waals surface area contributed by atoms with Crippen LogP contribution < -0.4 is 10.6 Å². The van der Waals surface area contributed by atoms with E-state index in [1.165, 1.54) is 6.92 Å². The van der Waals surface area contributed by atoms with Gasteiger partial charge in [-0.25, -0.2) is 4.79 Å². The molecule has 0 spiro atoms. The van der Waals surface area contributed by atoms with Crippen molar-refractivity contribution in [2.45, 2.75) is 156 Å².